The number of benzene rings is 1. The number of carbonyl (C=O) groups excluding carboxylic acids is 3. The highest BCUT2D eigenvalue weighted by molar-refractivity contribution is 8.18. The highest BCUT2D eigenvalue weighted by atomic mass is 32.2. The quantitative estimate of drug-likeness (QED) is 0.697. The second-order valence-electron chi connectivity index (χ2n) is 5.38. The number of thioether (sulfide) groups is 1. The molecule has 1 aliphatic rings. The number of hydrogen-bond acceptors (Lipinski definition) is 5. The van der Waals surface area contributed by atoms with Gasteiger partial charge in [0.15, 0.2) is 0 Å². The first-order valence-electron chi connectivity index (χ1n) is 7.97. The van der Waals surface area contributed by atoms with E-state index in [1.807, 2.05) is 6.92 Å². The van der Waals surface area contributed by atoms with Gasteiger partial charge in [0.2, 0.25) is 5.91 Å². The Morgan fingerprint density at radius 3 is 2.62 bits per heavy atom. The zero-order valence-electron chi connectivity index (χ0n) is 14.0. The van der Waals surface area contributed by atoms with Gasteiger partial charge in [-0.15, -0.1) is 0 Å². The monoisotopic (exact) mass is 384 g/mol. The molecule has 1 aromatic rings. The first-order valence-corrected chi connectivity index (χ1v) is 8.79. The smallest absolute Gasteiger partial charge is 0.387 e. The van der Waals surface area contributed by atoms with E-state index in [0.717, 1.165) is 23.1 Å². The van der Waals surface area contributed by atoms with Crippen LogP contribution in [0.5, 0.6) is 5.75 Å². The number of halogens is 2. The lowest BCUT2D eigenvalue weighted by Crippen LogP contribution is -2.37. The Balaban J connectivity index is 1.96. The zero-order valence-corrected chi connectivity index (χ0v) is 14.9. The molecular formula is C17H18F2N2O4S. The molecule has 0 spiro atoms. The molecule has 0 unspecified atom stereocenters. The molecule has 2 rings (SSSR count). The predicted molar refractivity (Wildman–Crippen MR) is 93.7 cm³/mol. The molecule has 1 aliphatic heterocycles. The van der Waals surface area contributed by atoms with Crippen LogP contribution in [0.2, 0.25) is 0 Å². The predicted octanol–water partition coefficient (Wildman–Crippen LogP) is 3.24. The van der Waals surface area contributed by atoms with E-state index in [2.05, 4.69) is 10.1 Å². The summed E-state index contributed by atoms with van der Waals surface area (Å²) in [5, 5.41) is 2.24. The van der Waals surface area contributed by atoms with Gasteiger partial charge >= 0.3 is 6.61 Å². The second-order valence-corrected chi connectivity index (χ2v) is 6.37. The van der Waals surface area contributed by atoms with Gasteiger partial charge < -0.3 is 10.1 Å². The SMILES string of the molecule is CCCC(=O)NCCN1C(=O)S/C(=C\c2ccc(OC(F)F)cc2)C1=O. The lowest BCUT2D eigenvalue weighted by Gasteiger charge is -2.12. The molecule has 3 amide bonds. The summed E-state index contributed by atoms with van der Waals surface area (Å²) in [4.78, 5) is 37.0. The van der Waals surface area contributed by atoms with Gasteiger partial charge in [0.05, 0.1) is 4.91 Å². The molecule has 0 bridgehead atoms. The lowest BCUT2D eigenvalue weighted by molar-refractivity contribution is -0.124. The molecule has 140 valence electrons. The maximum absolute atomic E-state index is 12.3. The number of rotatable bonds is 8. The highest BCUT2D eigenvalue weighted by Gasteiger charge is 2.34. The van der Waals surface area contributed by atoms with Gasteiger partial charge in [-0.3, -0.25) is 19.3 Å². The topological polar surface area (TPSA) is 75.7 Å². The molecule has 1 saturated heterocycles. The summed E-state index contributed by atoms with van der Waals surface area (Å²) < 4.78 is 28.5. The third kappa shape index (κ3) is 5.55. The van der Waals surface area contributed by atoms with Crippen LogP contribution in [0.15, 0.2) is 29.2 Å². The number of amides is 3. The van der Waals surface area contributed by atoms with Gasteiger partial charge in [0, 0.05) is 19.5 Å². The number of imide groups is 1. The Labute approximate surface area is 153 Å². The Morgan fingerprint density at radius 1 is 1.31 bits per heavy atom. The van der Waals surface area contributed by atoms with E-state index in [-0.39, 0.29) is 29.7 Å². The molecule has 9 heteroatoms. The molecule has 0 saturated carbocycles. The molecule has 6 nitrogen and oxygen atoms in total. The molecule has 0 aliphatic carbocycles. The maximum atomic E-state index is 12.3. The van der Waals surface area contributed by atoms with Crippen molar-refractivity contribution in [2.45, 2.75) is 26.4 Å². The fraction of sp³-hybridized carbons (Fsp3) is 0.353. The van der Waals surface area contributed by atoms with Crippen molar-refractivity contribution in [3.05, 3.63) is 34.7 Å². The number of ether oxygens (including phenoxy) is 1. The van der Waals surface area contributed by atoms with Gasteiger partial charge in [-0.25, -0.2) is 0 Å². The summed E-state index contributed by atoms with van der Waals surface area (Å²) in [5.74, 6) is -0.563. The summed E-state index contributed by atoms with van der Waals surface area (Å²) in [6.45, 7) is -0.731. The number of nitrogens with one attached hydrogen (secondary N) is 1. The minimum atomic E-state index is -2.91. The molecule has 1 aromatic carbocycles. The summed E-state index contributed by atoms with van der Waals surface area (Å²) >= 11 is 0.795. The van der Waals surface area contributed by atoms with E-state index in [9.17, 15) is 23.2 Å². The molecule has 0 atom stereocenters. The molecular weight excluding hydrogens is 366 g/mol. The third-order valence-electron chi connectivity index (χ3n) is 3.41. The summed E-state index contributed by atoms with van der Waals surface area (Å²) in [6.07, 6.45) is 2.62. The van der Waals surface area contributed by atoms with Crippen LogP contribution >= 0.6 is 11.8 Å². The summed E-state index contributed by atoms with van der Waals surface area (Å²) in [5.41, 5.74) is 0.577. The Hall–Kier alpha value is -2.42. The maximum Gasteiger partial charge on any atom is 0.387 e. The Kier molecular flexibility index (Phi) is 7.14. The van der Waals surface area contributed by atoms with Crippen LogP contribution in [0.3, 0.4) is 0 Å². The van der Waals surface area contributed by atoms with Crippen molar-refractivity contribution in [3.8, 4) is 5.75 Å². The molecule has 26 heavy (non-hydrogen) atoms. The van der Waals surface area contributed by atoms with E-state index in [1.54, 1.807) is 0 Å². The first kappa shape index (κ1) is 19.9. The fourth-order valence-corrected chi connectivity index (χ4v) is 3.08. The fourth-order valence-electron chi connectivity index (χ4n) is 2.21. The Morgan fingerprint density at radius 2 is 2.00 bits per heavy atom. The average Bonchev–Trinajstić information content (AvgIpc) is 2.84. The van der Waals surface area contributed by atoms with E-state index >= 15 is 0 Å². The standard InChI is InChI=1S/C17H18F2N2O4S/c1-2-3-14(22)20-8-9-21-15(23)13(26-17(21)24)10-11-4-6-12(7-5-11)25-16(18)19/h4-7,10,16H,2-3,8-9H2,1H3,(H,20,22)/b13-10-. The van der Waals surface area contributed by atoms with Crippen molar-refractivity contribution < 1.29 is 27.9 Å². The zero-order chi connectivity index (χ0) is 19.1. The average molecular weight is 384 g/mol. The minimum Gasteiger partial charge on any atom is -0.435 e. The van der Waals surface area contributed by atoms with Crippen molar-refractivity contribution in [2.24, 2.45) is 0 Å². The largest absolute Gasteiger partial charge is 0.435 e. The van der Waals surface area contributed by atoms with Gasteiger partial charge in [-0.1, -0.05) is 19.1 Å². The van der Waals surface area contributed by atoms with Crippen molar-refractivity contribution in [3.63, 3.8) is 0 Å². The van der Waals surface area contributed by atoms with Crippen LogP contribution in [0.25, 0.3) is 6.08 Å². The Bertz CT molecular complexity index is 707. The van der Waals surface area contributed by atoms with Gasteiger partial charge in [-0.05, 0) is 42.0 Å². The molecule has 1 heterocycles. The van der Waals surface area contributed by atoms with Crippen molar-refractivity contribution in [1.29, 1.82) is 0 Å². The number of alkyl halides is 2. The van der Waals surface area contributed by atoms with Crippen LogP contribution in [0.1, 0.15) is 25.3 Å². The first-order chi connectivity index (χ1) is 12.4. The van der Waals surface area contributed by atoms with E-state index in [4.69, 9.17) is 0 Å². The van der Waals surface area contributed by atoms with E-state index < -0.39 is 17.8 Å². The van der Waals surface area contributed by atoms with Crippen molar-refractivity contribution in [1.82, 2.24) is 10.2 Å². The van der Waals surface area contributed by atoms with Crippen LogP contribution in [0, 0.1) is 0 Å². The van der Waals surface area contributed by atoms with Gasteiger partial charge in [0.25, 0.3) is 11.1 Å². The summed E-state index contributed by atoms with van der Waals surface area (Å²) in [6, 6.07) is 5.73. The molecule has 1 N–H and O–H groups in total. The summed E-state index contributed by atoms with van der Waals surface area (Å²) in [7, 11) is 0. The van der Waals surface area contributed by atoms with Crippen LogP contribution in [-0.2, 0) is 9.59 Å². The normalized spacial score (nSPS) is 15.8. The van der Waals surface area contributed by atoms with Crippen LogP contribution in [-0.4, -0.2) is 41.7 Å². The van der Waals surface area contributed by atoms with Gasteiger partial charge in [0.1, 0.15) is 5.75 Å². The second kappa shape index (κ2) is 9.33. The third-order valence-corrected chi connectivity index (χ3v) is 4.32. The highest BCUT2D eigenvalue weighted by Crippen LogP contribution is 2.32. The van der Waals surface area contributed by atoms with Crippen LogP contribution in [0.4, 0.5) is 13.6 Å². The van der Waals surface area contributed by atoms with Crippen molar-refractivity contribution in [2.75, 3.05) is 13.1 Å². The van der Waals surface area contributed by atoms with Crippen molar-refractivity contribution >= 4 is 34.9 Å². The number of nitrogens with zero attached hydrogens (tertiary/aromatic N) is 1. The minimum absolute atomic E-state index is 0.00748. The lowest BCUT2D eigenvalue weighted by atomic mass is 10.2. The van der Waals surface area contributed by atoms with E-state index in [0.29, 0.717) is 12.0 Å². The van der Waals surface area contributed by atoms with E-state index in [1.165, 1.54) is 30.3 Å². The van der Waals surface area contributed by atoms with Crippen LogP contribution < -0.4 is 10.1 Å². The molecule has 1 fully saturated rings. The van der Waals surface area contributed by atoms with Gasteiger partial charge in [-0.2, -0.15) is 8.78 Å². The molecule has 0 radical (unpaired) electrons. The number of carbonyl (C=O) groups is 3. The number of hydrogen-bond donors (Lipinski definition) is 1. The molecule has 0 aromatic heterocycles.